The van der Waals surface area contributed by atoms with Crippen molar-refractivity contribution in [3.05, 3.63) is 170 Å². The molecule has 0 amide bonds. The highest BCUT2D eigenvalue weighted by Gasteiger charge is 2.22. The average Bonchev–Trinajstić information content (AvgIpc) is 3.97. The number of benzene rings is 7. The van der Waals surface area contributed by atoms with Gasteiger partial charge in [-0.1, -0.05) is 91.0 Å². The minimum atomic E-state index is 0.545. The number of aromatic nitrogens is 4. The molecule has 0 saturated heterocycles. The lowest BCUT2D eigenvalue weighted by atomic mass is 9.97. The molecule has 0 bridgehead atoms. The van der Waals surface area contributed by atoms with E-state index in [9.17, 15) is 0 Å². The van der Waals surface area contributed by atoms with E-state index in [0.717, 1.165) is 82.8 Å². The smallest absolute Gasteiger partial charge is 0.164 e. The number of furan rings is 2. The summed E-state index contributed by atoms with van der Waals surface area (Å²) in [6, 6.07) is 54.3. The highest BCUT2D eigenvalue weighted by atomic mass is 32.1. The van der Waals surface area contributed by atoms with Gasteiger partial charge in [0.25, 0.3) is 0 Å². The normalized spacial score (nSPS) is 11.9. The largest absolute Gasteiger partial charge is 0.456 e. The molecule has 0 unspecified atom stereocenters. The van der Waals surface area contributed by atoms with E-state index >= 15 is 0 Å². The van der Waals surface area contributed by atoms with Crippen LogP contribution in [0.2, 0.25) is 0 Å². The Labute approximate surface area is 329 Å². The molecule has 57 heavy (non-hydrogen) atoms. The second-order valence-corrected chi connectivity index (χ2v) is 15.3. The Morgan fingerprint density at radius 2 is 1.05 bits per heavy atom. The molecule has 0 aliphatic heterocycles. The van der Waals surface area contributed by atoms with Gasteiger partial charge in [-0.25, -0.2) is 15.0 Å². The van der Waals surface area contributed by atoms with Crippen molar-refractivity contribution in [3.8, 4) is 56.4 Å². The molecule has 0 aliphatic rings. The third-order valence-electron chi connectivity index (χ3n) is 10.8. The van der Waals surface area contributed by atoms with Crippen LogP contribution in [-0.4, -0.2) is 19.9 Å². The second-order valence-electron chi connectivity index (χ2n) is 14.2. The Bertz CT molecular complexity index is 3550. The summed E-state index contributed by atoms with van der Waals surface area (Å²) in [6.07, 6.45) is 3.65. The fraction of sp³-hybridized carbons (Fsp3) is 0. The predicted octanol–water partition coefficient (Wildman–Crippen LogP) is 13.8. The first kappa shape index (κ1) is 31.8. The molecule has 12 rings (SSSR count). The van der Waals surface area contributed by atoms with Crippen LogP contribution in [0.3, 0.4) is 0 Å². The van der Waals surface area contributed by atoms with E-state index in [1.165, 1.54) is 20.2 Å². The SMILES string of the molecule is c1cncc(-c2cccc(-c3nc(-c4ccc5c(c4)oc4ccccc45)nc(-c4ccc(-c5ccc6sc7ccccc7c6c5)c5oc6ccccc6c45)n3)c2)c1. The van der Waals surface area contributed by atoms with Crippen LogP contribution in [-0.2, 0) is 0 Å². The zero-order chi connectivity index (χ0) is 37.5. The lowest BCUT2D eigenvalue weighted by molar-refractivity contribution is 0.669. The fourth-order valence-electron chi connectivity index (χ4n) is 8.13. The number of nitrogens with zero attached hydrogens (tertiary/aromatic N) is 4. The Hall–Kier alpha value is -7.48. The Morgan fingerprint density at radius 3 is 1.91 bits per heavy atom. The summed E-state index contributed by atoms with van der Waals surface area (Å²) in [5, 5.41) is 6.57. The highest BCUT2D eigenvalue weighted by Crippen LogP contribution is 2.44. The van der Waals surface area contributed by atoms with E-state index < -0.39 is 0 Å². The van der Waals surface area contributed by atoms with Crippen molar-refractivity contribution in [1.29, 1.82) is 0 Å². The Kier molecular flexibility index (Phi) is 7.00. The molecule has 0 aliphatic carbocycles. The van der Waals surface area contributed by atoms with E-state index in [0.29, 0.717) is 17.5 Å². The number of para-hydroxylation sites is 2. The number of hydrogen-bond donors (Lipinski definition) is 0. The minimum absolute atomic E-state index is 0.545. The first-order valence-electron chi connectivity index (χ1n) is 18.8. The molecular formula is C50H28N4O2S. The van der Waals surface area contributed by atoms with E-state index in [1.807, 2.05) is 78.2 Å². The van der Waals surface area contributed by atoms with Crippen LogP contribution in [0.1, 0.15) is 0 Å². The van der Waals surface area contributed by atoms with Crippen LogP contribution in [0.4, 0.5) is 0 Å². The van der Waals surface area contributed by atoms with Gasteiger partial charge in [-0.05, 0) is 77.9 Å². The average molecular weight is 749 g/mol. The molecule has 0 spiro atoms. The van der Waals surface area contributed by atoms with E-state index in [1.54, 1.807) is 6.20 Å². The van der Waals surface area contributed by atoms with E-state index in [4.69, 9.17) is 23.8 Å². The van der Waals surface area contributed by atoms with Gasteiger partial charge in [-0.15, -0.1) is 11.3 Å². The molecule has 0 saturated carbocycles. The lowest BCUT2D eigenvalue weighted by Gasteiger charge is -2.11. The van der Waals surface area contributed by atoms with Crippen LogP contribution in [0.15, 0.2) is 179 Å². The van der Waals surface area contributed by atoms with Crippen molar-refractivity contribution in [2.45, 2.75) is 0 Å². The lowest BCUT2D eigenvalue weighted by Crippen LogP contribution is -2.01. The zero-order valence-electron chi connectivity index (χ0n) is 30.2. The molecule has 12 aromatic rings. The van der Waals surface area contributed by atoms with Gasteiger partial charge in [0.15, 0.2) is 17.5 Å². The number of rotatable bonds is 5. The molecule has 0 radical (unpaired) electrons. The molecule has 7 aromatic carbocycles. The van der Waals surface area contributed by atoms with Crippen molar-refractivity contribution in [3.63, 3.8) is 0 Å². The fourth-order valence-corrected chi connectivity index (χ4v) is 9.21. The molecule has 7 heteroatoms. The number of thiophene rings is 1. The van der Waals surface area contributed by atoms with Crippen molar-refractivity contribution in [1.82, 2.24) is 19.9 Å². The summed E-state index contributed by atoms with van der Waals surface area (Å²) in [5.41, 5.74) is 9.91. The van der Waals surface area contributed by atoms with Gasteiger partial charge >= 0.3 is 0 Å². The summed E-state index contributed by atoms with van der Waals surface area (Å²) in [5.74, 6) is 1.66. The zero-order valence-corrected chi connectivity index (χ0v) is 31.0. The van der Waals surface area contributed by atoms with Crippen LogP contribution < -0.4 is 0 Å². The van der Waals surface area contributed by atoms with E-state index in [2.05, 4.69) is 102 Å². The van der Waals surface area contributed by atoms with Gasteiger partial charge in [0.2, 0.25) is 0 Å². The third-order valence-corrected chi connectivity index (χ3v) is 12.0. The third kappa shape index (κ3) is 5.17. The summed E-state index contributed by atoms with van der Waals surface area (Å²) in [4.78, 5) is 20.0. The van der Waals surface area contributed by atoms with Crippen LogP contribution in [0.5, 0.6) is 0 Å². The first-order chi connectivity index (χ1) is 28.2. The molecular weight excluding hydrogens is 721 g/mol. The van der Waals surface area contributed by atoms with Gasteiger partial charge in [-0.2, -0.15) is 0 Å². The highest BCUT2D eigenvalue weighted by molar-refractivity contribution is 7.25. The maximum atomic E-state index is 6.77. The molecule has 5 heterocycles. The quantitative estimate of drug-likeness (QED) is 0.174. The Morgan fingerprint density at radius 1 is 0.386 bits per heavy atom. The molecule has 266 valence electrons. The van der Waals surface area contributed by atoms with Crippen LogP contribution in [0.25, 0.3) is 120 Å². The van der Waals surface area contributed by atoms with Crippen LogP contribution in [0, 0.1) is 0 Å². The van der Waals surface area contributed by atoms with Gasteiger partial charge in [0.05, 0.1) is 0 Å². The topological polar surface area (TPSA) is 77.8 Å². The summed E-state index contributed by atoms with van der Waals surface area (Å²) in [6.45, 7) is 0. The standard InChI is InChI=1S/C50H28N4O2S/c1-4-15-41-35(12-1)36-20-18-32(27-43(36)55-41)49-52-48(31-10-7-9-29(25-31)33-11-8-24-51-28-33)53-50(54-49)39-22-21-34(47-46(39)38-14-2-5-16-42(38)56-47)30-19-23-45-40(26-30)37-13-3-6-17-44(37)57-45/h1-28H. The van der Waals surface area contributed by atoms with Crippen molar-refractivity contribution in [2.24, 2.45) is 0 Å². The van der Waals surface area contributed by atoms with Gasteiger partial charge in [0, 0.05) is 81.9 Å². The maximum Gasteiger partial charge on any atom is 0.164 e. The van der Waals surface area contributed by atoms with Gasteiger partial charge in [-0.3, -0.25) is 4.98 Å². The second kappa shape index (κ2) is 12.5. The van der Waals surface area contributed by atoms with Crippen molar-refractivity contribution >= 4 is 75.4 Å². The number of fused-ring (bicyclic) bond motifs is 9. The molecule has 0 fully saturated rings. The van der Waals surface area contributed by atoms with Gasteiger partial charge in [0.1, 0.15) is 22.3 Å². The minimum Gasteiger partial charge on any atom is -0.456 e. The first-order valence-corrected chi connectivity index (χ1v) is 19.6. The predicted molar refractivity (Wildman–Crippen MR) is 232 cm³/mol. The van der Waals surface area contributed by atoms with Crippen LogP contribution >= 0.6 is 11.3 Å². The molecule has 5 aromatic heterocycles. The maximum absolute atomic E-state index is 6.77. The molecule has 6 nitrogen and oxygen atoms in total. The van der Waals surface area contributed by atoms with Gasteiger partial charge < -0.3 is 8.83 Å². The summed E-state index contributed by atoms with van der Waals surface area (Å²) in [7, 11) is 0. The van der Waals surface area contributed by atoms with E-state index in [-0.39, 0.29) is 0 Å². The van der Waals surface area contributed by atoms with Crippen molar-refractivity contribution in [2.75, 3.05) is 0 Å². The van der Waals surface area contributed by atoms with Crippen molar-refractivity contribution < 1.29 is 8.83 Å². The number of pyridine rings is 1. The summed E-state index contributed by atoms with van der Waals surface area (Å²) >= 11 is 1.82. The summed E-state index contributed by atoms with van der Waals surface area (Å²) < 4.78 is 15.6. The Balaban J connectivity index is 1.09. The number of hydrogen-bond acceptors (Lipinski definition) is 7. The molecule has 0 atom stereocenters. The monoisotopic (exact) mass is 748 g/mol. The molecule has 0 N–H and O–H groups in total.